The van der Waals surface area contributed by atoms with Gasteiger partial charge in [0.05, 0.1) is 24.5 Å². The molecule has 0 aliphatic carbocycles. The van der Waals surface area contributed by atoms with Crippen molar-refractivity contribution >= 4 is 32.9 Å². The van der Waals surface area contributed by atoms with Crippen LogP contribution in [0.4, 0.5) is 5.69 Å². The number of benzene rings is 1. The largest absolute Gasteiger partial charge is 0.357 e. The molecule has 0 spiro atoms. The summed E-state index contributed by atoms with van der Waals surface area (Å²) in [4.78, 5) is 1.05. The lowest BCUT2D eigenvalue weighted by atomic mass is 10.1. The second-order valence-electron chi connectivity index (χ2n) is 6.01. The molecule has 27 heavy (non-hydrogen) atoms. The molecule has 11 heteroatoms. The lowest BCUT2D eigenvalue weighted by Crippen LogP contribution is -2.29. The van der Waals surface area contributed by atoms with Gasteiger partial charge < -0.3 is 5.01 Å². The first-order valence-electron chi connectivity index (χ1n) is 7.93. The maximum absolute atomic E-state index is 11.0. The Balaban J connectivity index is 1.64. The van der Waals surface area contributed by atoms with Gasteiger partial charge in [0.15, 0.2) is 0 Å². The van der Waals surface area contributed by atoms with E-state index in [4.69, 9.17) is 10.4 Å². The van der Waals surface area contributed by atoms with Crippen LogP contribution < -0.4 is 10.6 Å². The summed E-state index contributed by atoms with van der Waals surface area (Å²) < 4.78 is 34.7. The van der Waals surface area contributed by atoms with E-state index >= 15 is 0 Å². The molecule has 1 aliphatic rings. The second-order valence-corrected chi connectivity index (χ2v) is 8.11. The average molecular weight is 404 g/mol. The first-order valence-corrected chi connectivity index (χ1v) is 10.2. The fraction of sp³-hybridized carbons (Fsp3) is 0.125. The van der Waals surface area contributed by atoms with E-state index in [2.05, 4.69) is 10.3 Å². The first kappa shape index (κ1) is 17.7. The number of nitrogens with one attached hydrogen (secondary N) is 1. The van der Waals surface area contributed by atoms with E-state index in [1.165, 1.54) is 0 Å². The predicted octanol–water partition coefficient (Wildman–Crippen LogP) is 1.68. The van der Waals surface area contributed by atoms with Crippen molar-refractivity contribution in [2.75, 3.05) is 4.72 Å². The van der Waals surface area contributed by atoms with Crippen molar-refractivity contribution in [2.45, 2.75) is 13.1 Å². The Morgan fingerprint density at radius 1 is 1.30 bits per heavy atom. The van der Waals surface area contributed by atoms with Gasteiger partial charge in [0, 0.05) is 16.7 Å². The summed E-state index contributed by atoms with van der Waals surface area (Å²) in [6.07, 6.45) is 1.85. The Morgan fingerprint density at radius 2 is 2.15 bits per heavy atom. The van der Waals surface area contributed by atoms with Gasteiger partial charge in [0.1, 0.15) is 5.69 Å². The van der Waals surface area contributed by atoms with Crippen molar-refractivity contribution in [3.8, 4) is 0 Å². The first-order chi connectivity index (χ1) is 12.9. The Hall–Kier alpha value is -2.73. The van der Waals surface area contributed by atoms with Crippen molar-refractivity contribution in [3.05, 3.63) is 69.8 Å². The Labute approximate surface area is 159 Å². The van der Waals surface area contributed by atoms with Gasteiger partial charge in [-0.15, -0.1) is 16.4 Å². The van der Waals surface area contributed by atoms with Gasteiger partial charge in [-0.05, 0) is 29.1 Å². The number of anilines is 1. The van der Waals surface area contributed by atoms with E-state index in [9.17, 15) is 8.42 Å². The van der Waals surface area contributed by atoms with Gasteiger partial charge >= 0.3 is 10.3 Å². The Kier molecular flexibility index (Phi) is 4.44. The van der Waals surface area contributed by atoms with Crippen molar-refractivity contribution in [1.29, 1.82) is 0 Å². The molecule has 0 saturated carbocycles. The number of rotatable bonds is 5. The fourth-order valence-corrected chi connectivity index (χ4v) is 4.10. The summed E-state index contributed by atoms with van der Waals surface area (Å²) in [6.45, 7) is 0.842. The van der Waals surface area contributed by atoms with Crippen molar-refractivity contribution < 1.29 is 13.0 Å². The van der Waals surface area contributed by atoms with Crippen LogP contribution in [0.25, 0.3) is 5.57 Å². The van der Waals surface area contributed by atoms with Crippen LogP contribution in [0.15, 0.2) is 48.0 Å². The molecule has 4 N–H and O–H groups in total. The summed E-state index contributed by atoms with van der Waals surface area (Å²) in [5, 5.41) is 12.2. The number of fused-ring (bicyclic) bond motifs is 1. The summed E-state index contributed by atoms with van der Waals surface area (Å²) in [5.41, 5.74) is 3.64. The minimum Gasteiger partial charge on any atom is -0.312 e. The molecule has 1 aromatic carbocycles. The highest BCUT2D eigenvalue weighted by molar-refractivity contribution is 7.87. The zero-order chi connectivity index (χ0) is 19.0. The van der Waals surface area contributed by atoms with Gasteiger partial charge in [-0.1, -0.05) is 23.4 Å². The molecule has 0 saturated heterocycles. The predicted molar refractivity (Wildman–Crippen MR) is 102 cm³/mol. The van der Waals surface area contributed by atoms with Gasteiger partial charge in [0.2, 0.25) is 0 Å². The molecule has 1 aliphatic heterocycles. The van der Waals surface area contributed by atoms with E-state index in [0.29, 0.717) is 13.1 Å². The number of hydrogen-bond donors (Lipinski definition) is 3. The summed E-state index contributed by atoms with van der Waals surface area (Å²) in [7, 11) is -4.32. The van der Waals surface area contributed by atoms with Crippen LogP contribution >= 0.6 is 11.3 Å². The van der Waals surface area contributed by atoms with Crippen molar-refractivity contribution in [2.24, 2.45) is 5.84 Å². The SMILES string of the molecule is NN1C=C(c2cccs2)c2nnn(Cc3cccc(NS(=O)(=O)O)c3)c2C1. The molecular weight excluding hydrogens is 388 g/mol. The van der Waals surface area contributed by atoms with E-state index in [1.807, 2.05) is 34.5 Å². The third-order valence-electron chi connectivity index (χ3n) is 4.01. The van der Waals surface area contributed by atoms with Crippen LogP contribution in [0.1, 0.15) is 21.8 Å². The van der Waals surface area contributed by atoms with Crippen molar-refractivity contribution in [3.63, 3.8) is 0 Å². The average Bonchev–Trinajstić information content (AvgIpc) is 3.24. The summed E-state index contributed by atoms with van der Waals surface area (Å²) >= 11 is 1.60. The third kappa shape index (κ3) is 3.85. The van der Waals surface area contributed by atoms with Gasteiger partial charge in [-0.3, -0.25) is 9.27 Å². The van der Waals surface area contributed by atoms with Gasteiger partial charge in [-0.2, -0.15) is 8.42 Å². The van der Waals surface area contributed by atoms with Gasteiger partial charge in [0.25, 0.3) is 0 Å². The maximum Gasteiger partial charge on any atom is 0.357 e. The van der Waals surface area contributed by atoms with Crippen LogP contribution in [0.3, 0.4) is 0 Å². The zero-order valence-electron chi connectivity index (χ0n) is 14.0. The quantitative estimate of drug-likeness (QED) is 0.436. The number of nitrogens with zero attached hydrogens (tertiary/aromatic N) is 4. The highest BCUT2D eigenvalue weighted by atomic mass is 32.2. The molecule has 3 aromatic rings. The van der Waals surface area contributed by atoms with Crippen molar-refractivity contribution in [1.82, 2.24) is 20.0 Å². The molecule has 2 aromatic heterocycles. The highest BCUT2D eigenvalue weighted by Gasteiger charge is 2.24. The van der Waals surface area contributed by atoms with E-state index in [-0.39, 0.29) is 5.69 Å². The molecular formula is C16H16N6O3S2. The Morgan fingerprint density at radius 3 is 2.89 bits per heavy atom. The van der Waals surface area contributed by atoms with Crippen LogP contribution in [-0.2, 0) is 23.4 Å². The molecule has 0 atom stereocenters. The van der Waals surface area contributed by atoms with Crippen LogP contribution in [0, 0.1) is 0 Å². The van der Waals surface area contributed by atoms with Crippen LogP contribution in [0.2, 0.25) is 0 Å². The molecule has 4 rings (SSSR count). The minimum atomic E-state index is -4.32. The standard InChI is InChI=1S/C16H16N6O3S2/c17-21-9-13(15-5-2-6-26-15)16-14(10-21)22(20-18-16)8-11-3-1-4-12(7-11)19-27(23,24)25/h1-7,9,19H,8,10,17H2,(H,23,24,25). The molecule has 140 valence electrons. The topological polar surface area (TPSA) is 126 Å². The number of hydrogen-bond acceptors (Lipinski definition) is 7. The molecule has 9 nitrogen and oxygen atoms in total. The van der Waals surface area contributed by atoms with Crippen LogP contribution in [0.5, 0.6) is 0 Å². The van der Waals surface area contributed by atoms with E-state index in [0.717, 1.165) is 27.4 Å². The summed E-state index contributed by atoms with van der Waals surface area (Å²) in [5.74, 6) is 6.05. The molecule has 0 fully saturated rings. The van der Waals surface area contributed by atoms with E-state index in [1.54, 1.807) is 39.2 Å². The van der Waals surface area contributed by atoms with Crippen LogP contribution in [-0.4, -0.2) is 33.0 Å². The number of aromatic nitrogens is 3. The normalized spacial score (nSPS) is 14.0. The maximum atomic E-state index is 11.0. The molecule has 0 amide bonds. The second kappa shape index (κ2) is 6.78. The fourth-order valence-electron chi connectivity index (χ4n) is 2.94. The summed E-state index contributed by atoms with van der Waals surface area (Å²) in [6, 6.07) is 10.7. The lowest BCUT2D eigenvalue weighted by molar-refractivity contribution is 0.366. The van der Waals surface area contributed by atoms with Gasteiger partial charge in [-0.25, -0.2) is 10.5 Å². The lowest BCUT2D eigenvalue weighted by Gasteiger charge is -2.22. The number of hydrazine groups is 1. The highest BCUT2D eigenvalue weighted by Crippen LogP contribution is 2.32. The zero-order valence-corrected chi connectivity index (χ0v) is 15.6. The smallest absolute Gasteiger partial charge is 0.312 e. The van der Waals surface area contributed by atoms with E-state index < -0.39 is 10.3 Å². The molecule has 0 unspecified atom stereocenters. The number of thiophene rings is 1. The molecule has 3 heterocycles. The number of nitrogens with two attached hydrogens (primary N) is 1. The third-order valence-corrected chi connectivity index (χ3v) is 5.41. The Bertz CT molecular complexity index is 1110. The monoisotopic (exact) mass is 404 g/mol. The molecule has 0 bridgehead atoms. The minimum absolute atomic E-state index is 0.267. The molecule has 0 radical (unpaired) electrons.